The van der Waals surface area contributed by atoms with E-state index in [0.717, 1.165) is 51.1 Å². The molecule has 4 heteroatoms. The Morgan fingerprint density at radius 1 is 1.12 bits per heavy atom. The van der Waals surface area contributed by atoms with Crippen LogP contribution in [-0.2, 0) is 22.6 Å². The lowest BCUT2D eigenvalue weighted by molar-refractivity contribution is -0.921. The normalized spacial score (nSPS) is 29.0. The molecule has 0 radical (unpaired) electrons. The zero-order valence-electron chi connectivity index (χ0n) is 15.1. The monoisotopic (exact) mass is 343 g/mol. The molecule has 1 heterocycles. The minimum Gasteiger partial charge on any atom is -0.370 e. The number of carbonyl (C=O) groups excluding carboxylic acids is 1. The van der Waals surface area contributed by atoms with Crippen molar-refractivity contribution >= 4 is 5.91 Å². The maximum atomic E-state index is 12.4. The Balaban J connectivity index is 1.29. The number of benzene rings is 1. The molecule has 2 saturated carbocycles. The molecule has 3 atom stereocenters. The topological polar surface area (TPSA) is 42.8 Å². The van der Waals surface area contributed by atoms with Crippen LogP contribution in [0.3, 0.4) is 0 Å². The van der Waals surface area contributed by atoms with Gasteiger partial charge in [-0.15, -0.1) is 0 Å². The molecule has 0 aromatic heterocycles. The van der Waals surface area contributed by atoms with E-state index in [1.165, 1.54) is 36.8 Å². The first kappa shape index (κ1) is 17.0. The maximum Gasteiger partial charge on any atom is 0.220 e. The molecular weight excluding hydrogens is 312 g/mol. The van der Waals surface area contributed by atoms with Crippen LogP contribution in [-0.4, -0.2) is 32.2 Å². The van der Waals surface area contributed by atoms with E-state index in [2.05, 4.69) is 29.6 Å². The van der Waals surface area contributed by atoms with Crippen molar-refractivity contribution in [2.75, 3.05) is 26.3 Å². The fraction of sp³-hybridized carbons (Fsp3) is 0.667. The van der Waals surface area contributed by atoms with Gasteiger partial charge in [-0.05, 0) is 42.6 Å². The van der Waals surface area contributed by atoms with Crippen molar-refractivity contribution in [1.29, 1.82) is 0 Å². The molecular formula is C21H31N2O2+. The minimum atomic E-state index is 0.242. The van der Waals surface area contributed by atoms with E-state index >= 15 is 0 Å². The van der Waals surface area contributed by atoms with Crippen molar-refractivity contribution in [2.45, 2.75) is 45.2 Å². The average molecular weight is 343 g/mol. The Kier molecular flexibility index (Phi) is 5.37. The predicted octanol–water partition coefficient (Wildman–Crippen LogP) is 1.54. The lowest BCUT2D eigenvalue weighted by atomic mass is 9.86. The Hall–Kier alpha value is -1.39. The molecule has 0 spiro atoms. The van der Waals surface area contributed by atoms with Gasteiger partial charge in [-0.3, -0.25) is 4.79 Å². The van der Waals surface area contributed by atoms with Crippen LogP contribution in [0.5, 0.6) is 0 Å². The first-order valence-corrected chi connectivity index (χ1v) is 10.0. The van der Waals surface area contributed by atoms with Crippen LogP contribution in [0.4, 0.5) is 0 Å². The summed E-state index contributed by atoms with van der Waals surface area (Å²) in [6.07, 6.45) is 6.16. The van der Waals surface area contributed by atoms with Crippen LogP contribution < -0.4 is 10.2 Å². The Bertz CT molecular complexity index is 597. The van der Waals surface area contributed by atoms with Crippen molar-refractivity contribution in [3.8, 4) is 0 Å². The van der Waals surface area contributed by atoms with Gasteiger partial charge in [0.25, 0.3) is 0 Å². The van der Waals surface area contributed by atoms with Gasteiger partial charge in [-0.2, -0.15) is 0 Å². The molecule has 1 aliphatic heterocycles. The summed E-state index contributed by atoms with van der Waals surface area (Å²) in [6, 6.07) is 8.55. The molecule has 25 heavy (non-hydrogen) atoms. The van der Waals surface area contributed by atoms with Crippen molar-refractivity contribution in [3.63, 3.8) is 0 Å². The average Bonchev–Trinajstić information content (AvgIpc) is 3.25. The number of morpholine rings is 1. The third-order valence-corrected chi connectivity index (χ3v) is 6.57. The first-order chi connectivity index (χ1) is 12.3. The maximum absolute atomic E-state index is 12.4. The first-order valence-electron chi connectivity index (χ1n) is 10.0. The number of nitrogens with one attached hydrogen (secondary N) is 2. The van der Waals surface area contributed by atoms with E-state index < -0.39 is 0 Å². The molecule has 3 fully saturated rings. The largest absolute Gasteiger partial charge is 0.370 e. The van der Waals surface area contributed by atoms with Crippen LogP contribution in [0, 0.1) is 17.8 Å². The van der Waals surface area contributed by atoms with Crippen LogP contribution in [0.1, 0.15) is 43.2 Å². The Morgan fingerprint density at radius 2 is 1.92 bits per heavy atom. The summed E-state index contributed by atoms with van der Waals surface area (Å²) in [5.41, 5.74) is 2.63. The van der Waals surface area contributed by atoms with E-state index in [-0.39, 0.29) is 5.91 Å². The van der Waals surface area contributed by atoms with E-state index in [4.69, 9.17) is 4.74 Å². The van der Waals surface area contributed by atoms with Gasteiger partial charge in [0.1, 0.15) is 19.6 Å². The molecule has 2 bridgehead atoms. The summed E-state index contributed by atoms with van der Waals surface area (Å²) in [5.74, 6) is 2.63. The molecule has 2 N–H and O–H groups in total. The van der Waals surface area contributed by atoms with Crippen molar-refractivity contribution in [1.82, 2.24) is 5.32 Å². The number of amides is 1. The third kappa shape index (κ3) is 4.24. The highest BCUT2D eigenvalue weighted by Crippen LogP contribution is 2.49. The molecule has 1 amide bonds. The zero-order valence-corrected chi connectivity index (χ0v) is 15.1. The molecule has 136 valence electrons. The summed E-state index contributed by atoms with van der Waals surface area (Å²) >= 11 is 0. The quantitative estimate of drug-likeness (QED) is 0.823. The fourth-order valence-electron chi connectivity index (χ4n) is 5.14. The number of carbonyl (C=O) groups is 1. The lowest BCUT2D eigenvalue weighted by Gasteiger charge is -2.25. The van der Waals surface area contributed by atoms with Gasteiger partial charge in [0, 0.05) is 18.5 Å². The fourth-order valence-corrected chi connectivity index (χ4v) is 5.14. The van der Waals surface area contributed by atoms with Gasteiger partial charge in [-0.25, -0.2) is 0 Å². The van der Waals surface area contributed by atoms with Crippen molar-refractivity contribution < 1.29 is 14.4 Å². The minimum absolute atomic E-state index is 0.242. The highest BCUT2D eigenvalue weighted by atomic mass is 16.5. The van der Waals surface area contributed by atoms with Gasteiger partial charge < -0.3 is 15.0 Å². The predicted molar refractivity (Wildman–Crippen MR) is 97.1 cm³/mol. The second kappa shape index (κ2) is 7.88. The second-order valence-electron chi connectivity index (χ2n) is 8.22. The molecule has 1 aromatic rings. The van der Waals surface area contributed by atoms with E-state index in [9.17, 15) is 4.79 Å². The van der Waals surface area contributed by atoms with Gasteiger partial charge in [0.2, 0.25) is 5.91 Å². The van der Waals surface area contributed by atoms with Crippen LogP contribution in [0.15, 0.2) is 24.3 Å². The van der Waals surface area contributed by atoms with E-state index in [1.807, 2.05) is 0 Å². The van der Waals surface area contributed by atoms with Crippen molar-refractivity contribution in [3.05, 3.63) is 35.4 Å². The summed E-state index contributed by atoms with van der Waals surface area (Å²) in [4.78, 5) is 14.0. The van der Waals surface area contributed by atoms with Gasteiger partial charge in [-0.1, -0.05) is 30.7 Å². The third-order valence-electron chi connectivity index (χ3n) is 6.57. The number of hydrogen-bond donors (Lipinski definition) is 2. The van der Waals surface area contributed by atoms with Crippen LogP contribution in [0.25, 0.3) is 0 Å². The molecule has 1 saturated heterocycles. The van der Waals surface area contributed by atoms with Gasteiger partial charge in [0.05, 0.1) is 13.2 Å². The van der Waals surface area contributed by atoms with Crippen molar-refractivity contribution in [2.24, 2.45) is 17.8 Å². The molecule has 3 aliphatic rings. The number of ether oxygens (including phenoxy) is 1. The Labute approximate surface area is 150 Å². The standard InChI is InChI=1S/C21H30N2O2/c24-21(13-20-12-16-5-6-17(20)11-16)22-14-18-3-1-2-4-19(18)15-23-7-9-25-10-8-23/h1-4,16-17,20H,5-15H2,(H,22,24)/p+1/t16-,17+,20-/m0/s1. The number of hydrogen-bond acceptors (Lipinski definition) is 2. The highest BCUT2D eigenvalue weighted by molar-refractivity contribution is 5.76. The number of quaternary nitrogens is 1. The molecule has 2 aliphatic carbocycles. The van der Waals surface area contributed by atoms with E-state index in [0.29, 0.717) is 12.5 Å². The molecule has 1 aromatic carbocycles. The molecule has 4 rings (SSSR count). The summed E-state index contributed by atoms with van der Waals surface area (Å²) in [5, 5.41) is 3.19. The van der Waals surface area contributed by atoms with Crippen LogP contribution in [0.2, 0.25) is 0 Å². The van der Waals surface area contributed by atoms with Gasteiger partial charge >= 0.3 is 0 Å². The second-order valence-corrected chi connectivity index (χ2v) is 8.22. The highest BCUT2D eigenvalue weighted by Gasteiger charge is 2.40. The van der Waals surface area contributed by atoms with Gasteiger partial charge in [0.15, 0.2) is 0 Å². The summed E-state index contributed by atoms with van der Waals surface area (Å²) < 4.78 is 5.45. The SMILES string of the molecule is O=C(C[C@@H]1C[C@H]2CC[C@@H]1C2)NCc1ccccc1C[NH+]1CCOCC1. The number of rotatable bonds is 6. The Morgan fingerprint density at radius 3 is 2.64 bits per heavy atom. The number of fused-ring (bicyclic) bond motifs is 2. The lowest BCUT2D eigenvalue weighted by Crippen LogP contribution is -3.12. The van der Waals surface area contributed by atoms with Crippen LogP contribution >= 0.6 is 0 Å². The summed E-state index contributed by atoms with van der Waals surface area (Å²) in [6.45, 7) is 5.56. The smallest absolute Gasteiger partial charge is 0.220 e. The molecule has 4 nitrogen and oxygen atoms in total. The van der Waals surface area contributed by atoms with E-state index in [1.54, 1.807) is 4.90 Å². The molecule has 0 unspecified atom stereocenters. The zero-order chi connectivity index (χ0) is 17.1. The summed E-state index contributed by atoms with van der Waals surface area (Å²) in [7, 11) is 0.